The Hall–Kier alpha value is -2.12. The van der Waals surface area contributed by atoms with Crippen LogP contribution < -0.4 is 11.1 Å². The maximum Gasteiger partial charge on any atom is 0.102 e. The molecule has 2 rings (SSSR count). The number of thioether (sulfide) groups is 1. The van der Waals surface area contributed by atoms with Crippen molar-refractivity contribution < 1.29 is 0 Å². The standard InChI is InChI=1S/C16H17N3S/c1-2-20-16-9-5-8-15(13(16)10-17)19-11-12-6-3-4-7-14(12)18/h3-9,19H,2,11,18H2,1H3. The van der Waals surface area contributed by atoms with Crippen LogP contribution in [0.1, 0.15) is 18.1 Å². The van der Waals surface area contributed by atoms with E-state index in [4.69, 9.17) is 5.73 Å². The quantitative estimate of drug-likeness (QED) is 0.646. The molecule has 0 spiro atoms. The highest BCUT2D eigenvalue weighted by atomic mass is 32.2. The fourth-order valence-corrected chi connectivity index (χ4v) is 2.74. The molecule has 0 aromatic heterocycles. The lowest BCUT2D eigenvalue weighted by Gasteiger charge is -2.12. The number of nitrogens with zero attached hydrogens (tertiary/aromatic N) is 1. The molecular formula is C16H17N3S. The summed E-state index contributed by atoms with van der Waals surface area (Å²) in [6.07, 6.45) is 0. The minimum atomic E-state index is 0.613. The Morgan fingerprint density at radius 1 is 1.20 bits per heavy atom. The maximum atomic E-state index is 9.35. The Balaban J connectivity index is 2.20. The highest BCUT2D eigenvalue weighted by molar-refractivity contribution is 7.99. The summed E-state index contributed by atoms with van der Waals surface area (Å²) in [6, 6.07) is 15.9. The van der Waals surface area contributed by atoms with Crippen LogP contribution in [0.2, 0.25) is 0 Å². The Morgan fingerprint density at radius 3 is 2.70 bits per heavy atom. The van der Waals surface area contributed by atoms with Crippen LogP contribution in [0.5, 0.6) is 0 Å². The number of rotatable bonds is 5. The maximum absolute atomic E-state index is 9.35. The first-order chi connectivity index (χ1) is 9.76. The van der Waals surface area contributed by atoms with E-state index in [1.54, 1.807) is 11.8 Å². The predicted molar refractivity (Wildman–Crippen MR) is 85.7 cm³/mol. The van der Waals surface area contributed by atoms with Crippen molar-refractivity contribution in [1.82, 2.24) is 0 Å². The molecule has 0 unspecified atom stereocenters. The average molecular weight is 283 g/mol. The topological polar surface area (TPSA) is 61.8 Å². The molecule has 0 atom stereocenters. The average Bonchev–Trinajstić information content (AvgIpc) is 2.47. The summed E-state index contributed by atoms with van der Waals surface area (Å²) in [7, 11) is 0. The van der Waals surface area contributed by atoms with E-state index in [-0.39, 0.29) is 0 Å². The second-order valence-corrected chi connectivity index (χ2v) is 5.58. The minimum absolute atomic E-state index is 0.613. The van der Waals surface area contributed by atoms with Crippen LogP contribution in [-0.4, -0.2) is 5.75 Å². The Kier molecular flexibility index (Phi) is 4.91. The summed E-state index contributed by atoms with van der Waals surface area (Å²) in [4.78, 5) is 1.01. The number of benzene rings is 2. The molecular weight excluding hydrogens is 266 g/mol. The number of nitriles is 1. The van der Waals surface area contributed by atoms with Gasteiger partial charge in [-0.05, 0) is 29.5 Å². The van der Waals surface area contributed by atoms with Crippen molar-refractivity contribution in [3.05, 3.63) is 53.6 Å². The van der Waals surface area contributed by atoms with E-state index in [2.05, 4.69) is 18.3 Å². The Labute approximate surface area is 123 Å². The molecule has 0 heterocycles. The molecule has 0 amide bonds. The molecule has 2 aromatic carbocycles. The number of hydrogen-bond donors (Lipinski definition) is 2. The monoisotopic (exact) mass is 283 g/mol. The zero-order valence-corrected chi connectivity index (χ0v) is 12.2. The molecule has 3 nitrogen and oxygen atoms in total. The fraction of sp³-hybridized carbons (Fsp3) is 0.188. The molecule has 0 aliphatic heterocycles. The van der Waals surface area contributed by atoms with Crippen molar-refractivity contribution in [3.63, 3.8) is 0 Å². The summed E-state index contributed by atoms with van der Waals surface area (Å²) in [5.41, 5.74) is 9.28. The van der Waals surface area contributed by atoms with Crippen molar-refractivity contribution in [2.45, 2.75) is 18.4 Å². The Morgan fingerprint density at radius 2 is 2.00 bits per heavy atom. The van der Waals surface area contributed by atoms with Gasteiger partial charge in [-0.2, -0.15) is 5.26 Å². The molecule has 0 radical (unpaired) electrons. The fourth-order valence-electron chi connectivity index (χ4n) is 1.96. The van der Waals surface area contributed by atoms with E-state index in [1.165, 1.54) is 0 Å². The first kappa shape index (κ1) is 14.3. The second kappa shape index (κ2) is 6.88. The molecule has 2 aromatic rings. The molecule has 0 saturated heterocycles. The number of nitrogens with two attached hydrogens (primary N) is 1. The molecule has 4 heteroatoms. The smallest absolute Gasteiger partial charge is 0.102 e. The predicted octanol–water partition coefficient (Wildman–Crippen LogP) is 3.86. The van der Waals surface area contributed by atoms with Gasteiger partial charge in [0.05, 0.1) is 11.3 Å². The van der Waals surface area contributed by atoms with Crippen LogP contribution in [0.4, 0.5) is 11.4 Å². The molecule has 0 aliphatic rings. The highest BCUT2D eigenvalue weighted by Gasteiger charge is 2.08. The lowest BCUT2D eigenvalue weighted by atomic mass is 10.1. The number of para-hydroxylation sites is 1. The third kappa shape index (κ3) is 3.25. The largest absolute Gasteiger partial charge is 0.398 e. The first-order valence-corrected chi connectivity index (χ1v) is 7.48. The van der Waals surface area contributed by atoms with Crippen LogP contribution in [0.25, 0.3) is 0 Å². The van der Waals surface area contributed by atoms with E-state index < -0.39 is 0 Å². The van der Waals surface area contributed by atoms with Crippen molar-refractivity contribution in [3.8, 4) is 6.07 Å². The summed E-state index contributed by atoms with van der Waals surface area (Å²) >= 11 is 1.68. The number of nitrogens with one attached hydrogen (secondary N) is 1. The first-order valence-electron chi connectivity index (χ1n) is 6.49. The second-order valence-electron chi connectivity index (χ2n) is 4.28. The van der Waals surface area contributed by atoms with Crippen LogP contribution in [0.3, 0.4) is 0 Å². The molecule has 0 saturated carbocycles. The van der Waals surface area contributed by atoms with Crippen molar-refractivity contribution >= 4 is 23.1 Å². The number of anilines is 2. The summed E-state index contributed by atoms with van der Waals surface area (Å²) < 4.78 is 0. The Bertz CT molecular complexity index is 632. The van der Waals surface area contributed by atoms with Gasteiger partial charge >= 0.3 is 0 Å². The van der Waals surface area contributed by atoms with Crippen molar-refractivity contribution in [2.24, 2.45) is 0 Å². The molecule has 102 valence electrons. The number of nitrogen functional groups attached to an aromatic ring is 1. The summed E-state index contributed by atoms with van der Waals surface area (Å²) in [6.45, 7) is 2.69. The zero-order chi connectivity index (χ0) is 14.4. The molecule has 0 aliphatic carbocycles. The lowest BCUT2D eigenvalue weighted by Crippen LogP contribution is -2.04. The molecule has 0 fully saturated rings. The van der Waals surface area contributed by atoms with Gasteiger partial charge < -0.3 is 11.1 Å². The summed E-state index contributed by atoms with van der Waals surface area (Å²) in [5, 5.41) is 12.7. The number of hydrogen-bond acceptors (Lipinski definition) is 4. The van der Waals surface area contributed by atoms with E-state index in [0.717, 1.165) is 27.6 Å². The van der Waals surface area contributed by atoms with Gasteiger partial charge in [0.1, 0.15) is 6.07 Å². The normalized spacial score (nSPS) is 10.0. The van der Waals surface area contributed by atoms with Gasteiger partial charge in [0.25, 0.3) is 0 Å². The van der Waals surface area contributed by atoms with Gasteiger partial charge in [0.2, 0.25) is 0 Å². The van der Waals surface area contributed by atoms with Crippen LogP contribution in [-0.2, 0) is 6.54 Å². The van der Waals surface area contributed by atoms with Gasteiger partial charge in [-0.1, -0.05) is 31.2 Å². The SMILES string of the molecule is CCSc1cccc(NCc2ccccc2N)c1C#N. The van der Waals surface area contributed by atoms with Crippen molar-refractivity contribution in [2.75, 3.05) is 16.8 Å². The van der Waals surface area contributed by atoms with Gasteiger partial charge in [0.15, 0.2) is 0 Å². The minimum Gasteiger partial charge on any atom is -0.398 e. The molecule has 0 bridgehead atoms. The lowest BCUT2D eigenvalue weighted by molar-refractivity contribution is 1.14. The van der Waals surface area contributed by atoms with E-state index in [9.17, 15) is 5.26 Å². The van der Waals surface area contributed by atoms with Gasteiger partial charge in [-0.25, -0.2) is 0 Å². The summed E-state index contributed by atoms with van der Waals surface area (Å²) in [5.74, 6) is 0.948. The van der Waals surface area contributed by atoms with E-state index in [0.29, 0.717) is 12.1 Å². The molecule has 20 heavy (non-hydrogen) atoms. The zero-order valence-electron chi connectivity index (χ0n) is 11.4. The third-order valence-electron chi connectivity index (χ3n) is 2.96. The van der Waals surface area contributed by atoms with Crippen LogP contribution in [0, 0.1) is 11.3 Å². The van der Waals surface area contributed by atoms with E-state index >= 15 is 0 Å². The van der Waals surface area contributed by atoms with Crippen molar-refractivity contribution in [1.29, 1.82) is 5.26 Å². The van der Waals surface area contributed by atoms with Gasteiger partial charge in [-0.15, -0.1) is 11.8 Å². The van der Waals surface area contributed by atoms with Gasteiger partial charge in [-0.3, -0.25) is 0 Å². The van der Waals surface area contributed by atoms with Crippen LogP contribution in [0.15, 0.2) is 47.4 Å². The van der Waals surface area contributed by atoms with Crippen LogP contribution >= 0.6 is 11.8 Å². The highest BCUT2D eigenvalue weighted by Crippen LogP contribution is 2.28. The third-order valence-corrected chi connectivity index (χ3v) is 3.90. The van der Waals surface area contributed by atoms with Gasteiger partial charge in [0, 0.05) is 17.1 Å². The van der Waals surface area contributed by atoms with E-state index in [1.807, 2.05) is 42.5 Å². The molecule has 3 N–H and O–H groups in total.